The van der Waals surface area contributed by atoms with Crippen LogP contribution in [0.5, 0.6) is 5.75 Å². The quantitative estimate of drug-likeness (QED) is 0.790. The Morgan fingerprint density at radius 1 is 1.62 bits per heavy atom. The molecule has 0 aliphatic rings. The van der Waals surface area contributed by atoms with Gasteiger partial charge in [-0.15, -0.1) is 0 Å². The molecule has 0 aliphatic heterocycles. The predicted molar refractivity (Wildman–Crippen MR) is 50.9 cm³/mol. The fraction of sp³-hybridized carbons (Fsp3) is 0.333. The lowest BCUT2D eigenvalue weighted by Gasteiger charge is -2.09. The van der Waals surface area contributed by atoms with Crippen molar-refractivity contribution >= 4 is 11.6 Å². The first-order valence-corrected chi connectivity index (χ1v) is 4.30. The Labute approximate surface area is 81.3 Å². The minimum absolute atomic E-state index is 0.0467. The molecule has 0 heterocycles. The summed E-state index contributed by atoms with van der Waals surface area (Å²) in [6.07, 6.45) is -1.14. The van der Waals surface area contributed by atoms with Gasteiger partial charge in [0, 0.05) is 12.1 Å². The number of hydrogen-bond acceptors (Lipinski definition) is 2. The molecule has 0 aliphatic carbocycles. The van der Waals surface area contributed by atoms with Crippen molar-refractivity contribution in [1.29, 1.82) is 0 Å². The molecule has 1 unspecified atom stereocenters. The number of hydrogen-bond donors (Lipinski definition) is 2. The second-order valence-corrected chi connectivity index (χ2v) is 3.14. The molecule has 0 radical (unpaired) electrons. The lowest BCUT2D eigenvalue weighted by atomic mass is 10.1. The normalized spacial score (nSPS) is 12.8. The fourth-order valence-corrected chi connectivity index (χ4v) is 1.35. The summed E-state index contributed by atoms with van der Waals surface area (Å²) in [5.41, 5.74) is 0.397. The number of benzene rings is 1. The third kappa shape index (κ3) is 2.57. The number of likely N-dealkylation sites (N-methyl/N-ethyl adjacent to an activating group) is 1. The maximum absolute atomic E-state index is 13.3. The van der Waals surface area contributed by atoms with E-state index in [4.69, 9.17) is 16.7 Å². The van der Waals surface area contributed by atoms with Gasteiger partial charge in [-0.2, -0.15) is 0 Å². The minimum atomic E-state index is -1.14. The van der Waals surface area contributed by atoms with Crippen LogP contribution in [0.3, 0.4) is 0 Å². The van der Waals surface area contributed by atoms with Gasteiger partial charge in [-0.25, -0.2) is 4.39 Å². The number of phenols is 1. The third-order valence-corrected chi connectivity index (χ3v) is 2.03. The van der Waals surface area contributed by atoms with Crippen LogP contribution in [-0.4, -0.2) is 18.7 Å². The average Bonchev–Trinajstić information content (AvgIpc) is 2.04. The largest absolute Gasteiger partial charge is 0.508 e. The van der Waals surface area contributed by atoms with Crippen LogP contribution < -0.4 is 5.32 Å². The van der Waals surface area contributed by atoms with E-state index >= 15 is 0 Å². The standard InChI is InChI=1S/C9H11ClFNO/c1-12-5-9(11)7-3-2-6(13)4-8(7)10/h2-4,9,12-13H,5H2,1H3. The summed E-state index contributed by atoms with van der Waals surface area (Å²) >= 11 is 5.73. The first-order chi connectivity index (χ1) is 6.15. The summed E-state index contributed by atoms with van der Waals surface area (Å²) in [5, 5.41) is 12.0. The van der Waals surface area contributed by atoms with E-state index in [0.29, 0.717) is 5.56 Å². The van der Waals surface area contributed by atoms with Crippen LogP contribution in [0.2, 0.25) is 5.02 Å². The van der Waals surface area contributed by atoms with E-state index in [-0.39, 0.29) is 17.3 Å². The van der Waals surface area contributed by atoms with Crippen LogP contribution in [0.1, 0.15) is 11.7 Å². The molecule has 0 fully saturated rings. The number of aromatic hydroxyl groups is 1. The van der Waals surface area contributed by atoms with Gasteiger partial charge >= 0.3 is 0 Å². The molecule has 4 heteroatoms. The molecule has 0 spiro atoms. The monoisotopic (exact) mass is 203 g/mol. The van der Waals surface area contributed by atoms with Crippen molar-refractivity contribution in [3.63, 3.8) is 0 Å². The van der Waals surface area contributed by atoms with Gasteiger partial charge < -0.3 is 10.4 Å². The van der Waals surface area contributed by atoms with Gasteiger partial charge in [-0.05, 0) is 19.2 Å². The van der Waals surface area contributed by atoms with E-state index in [1.165, 1.54) is 18.2 Å². The Balaban J connectivity index is 2.88. The van der Waals surface area contributed by atoms with Crippen molar-refractivity contribution in [2.45, 2.75) is 6.17 Å². The van der Waals surface area contributed by atoms with E-state index in [2.05, 4.69) is 5.32 Å². The molecule has 1 atom stereocenters. The highest BCUT2D eigenvalue weighted by molar-refractivity contribution is 6.31. The van der Waals surface area contributed by atoms with Crippen LogP contribution in [0.25, 0.3) is 0 Å². The van der Waals surface area contributed by atoms with E-state index in [9.17, 15) is 4.39 Å². The van der Waals surface area contributed by atoms with Gasteiger partial charge in [0.25, 0.3) is 0 Å². The Bertz CT molecular complexity index is 293. The lowest BCUT2D eigenvalue weighted by Crippen LogP contribution is -2.13. The fourth-order valence-electron chi connectivity index (χ4n) is 1.06. The predicted octanol–water partition coefficient (Wildman–Crippen LogP) is 2.28. The molecule has 0 amide bonds. The van der Waals surface area contributed by atoms with E-state index in [0.717, 1.165) is 0 Å². The molecule has 2 N–H and O–H groups in total. The Morgan fingerprint density at radius 3 is 2.85 bits per heavy atom. The zero-order valence-corrected chi connectivity index (χ0v) is 7.98. The summed E-state index contributed by atoms with van der Waals surface area (Å²) < 4.78 is 13.3. The highest BCUT2D eigenvalue weighted by Gasteiger charge is 2.12. The molecule has 1 rings (SSSR count). The molecule has 72 valence electrons. The van der Waals surface area contributed by atoms with Crippen molar-refractivity contribution in [3.8, 4) is 5.75 Å². The van der Waals surface area contributed by atoms with Crippen LogP contribution in [0.15, 0.2) is 18.2 Å². The molecular weight excluding hydrogens is 193 g/mol. The lowest BCUT2D eigenvalue weighted by molar-refractivity contribution is 0.335. The summed E-state index contributed by atoms with van der Waals surface area (Å²) in [7, 11) is 1.67. The maximum atomic E-state index is 13.3. The average molecular weight is 204 g/mol. The van der Waals surface area contributed by atoms with Gasteiger partial charge in [0.05, 0.1) is 5.02 Å². The molecule has 0 bridgehead atoms. The van der Waals surface area contributed by atoms with Crippen molar-refractivity contribution in [2.75, 3.05) is 13.6 Å². The van der Waals surface area contributed by atoms with Crippen molar-refractivity contribution in [3.05, 3.63) is 28.8 Å². The molecular formula is C9H11ClFNO. The van der Waals surface area contributed by atoms with Crippen molar-refractivity contribution < 1.29 is 9.50 Å². The summed E-state index contributed by atoms with van der Waals surface area (Å²) in [5.74, 6) is 0.0467. The third-order valence-electron chi connectivity index (χ3n) is 1.70. The van der Waals surface area contributed by atoms with Crippen LogP contribution in [0, 0.1) is 0 Å². The number of rotatable bonds is 3. The minimum Gasteiger partial charge on any atom is -0.508 e. The Hall–Kier alpha value is -0.800. The molecule has 1 aromatic carbocycles. The molecule has 1 aromatic rings. The smallest absolute Gasteiger partial charge is 0.139 e. The first-order valence-electron chi connectivity index (χ1n) is 3.92. The van der Waals surface area contributed by atoms with Crippen LogP contribution in [0.4, 0.5) is 4.39 Å². The van der Waals surface area contributed by atoms with Gasteiger partial charge in [-0.1, -0.05) is 17.7 Å². The van der Waals surface area contributed by atoms with Gasteiger partial charge in [0.1, 0.15) is 11.9 Å². The number of phenolic OH excluding ortho intramolecular Hbond substituents is 1. The topological polar surface area (TPSA) is 32.3 Å². The molecule has 0 saturated heterocycles. The second-order valence-electron chi connectivity index (χ2n) is 2.73. The van der Waals surface area contributed by atoms with E-state index in [1.807, 2.05) is 0 Å². The van der Waals surface area contributed by atoms with Crippen molar-refractivity contribution in [1.82, 2.24) is 5.32 Å². The van der Waals surface area contributed by atoms with Gasteiger partial charge in [0.15, 0.2) is 0 Å². The van der Waals surface area contributed by atoms with Gasteiger partial charge in [-0.3, -0.25) is 0 Å². The summed E-state index contributed by atoms with van der Waals surface area (Å²) in [6, 6.07) is 4.24. The van der Waals surface area contributed by atoms with Crippen LogP contribution >= 0.6 is 11.6 Å². The first kappa shape index (κ1) is 10.3. The van der Waals surface area contributed by atoms with Crippen LogP contribution in [-0.2, 0) is 0 Å². The zero-order chi connectivity index (χ0) is 9.84. The molecule has 2 nitrogen and oxygen atoms in total. The second kappa shape index (κ2) is 4.44. The molecule has 0 saturated carbocycles. The number of alkyl halides is 1. The van der Waals surface area contributed by atoms with E-state index in [1.54, 1.807) is 7.05 Å². The summed E-state index contributed by atoms with van der Waals surface area (Å²) in [4.78, 5) is 0. The number of halogens is 2. The highest BCUT2D eigenvalue weighted by atomic mass is 35.5. The SMILES string of the molecule is CNCC(F)c1ccc(O)cc1Cl. The van der Waals surface area contributed by atoms with Crippen molar-refractivity contribution in [2.24, 2.45) is 0 Å². The summed E-state index contributed by atoms with van der Waals surface area (Å²) in [6.45, 7) is 0.213. The van der Waals surface area contributed by atoms with E-state index < -0.39 is 6.17 Å². The highest BCUT2D eigenvalue weighted by Crippen LogP contribution is 2.28. The Kier molecular flexibility index (Phi) is 3.51. The van der Waals surface area contributed by atoms with Gasteiger partial charge in [0.2, 0.25) is 0 Å². The molecule has 0 aromatic heterocycles. The molecule has 13 heavy (non-hydrogen) atoms. The Morgan fingerprint density at radius 2 is 2.31 bits per heavy atom. The number of nitrogens with one attached hydrogen (secondary N) is 1. The maximum Gasteiger partial charge on any atom is 0.139 e. The zero-order valence-electron chi connectivity index (χ0n) is 7.22.